The molecule has 0 radical (unpaired) electrons. The van der Waals surface area contributed by atoms with Crippen molar-refractivity contribution in [2.24, 2.45) is 5.92 Å². The molecule has 0 aliphatic heterocycles. The molecule has 0 spiro atoms. The average Bonchev–Trinajstić information content (AvgIpc) is 2.20. The van der Waals surface area contributed by atoms with Crippen LogP contribution in [0, 0.1) is 12.8 Å². The van der Waals surface area contributed by atoms with E-state index in [0.717, 1.165) is 6.42 Å². The van der Waals surface area contributed by atoms with Crippen LogP contribution in [0.2, 0.25) is 0 Å². The van der Waals surface area contributed by atoms with Crippen LogP contribution in [-0.2, 0) is 11.2 Å². The zero-order valence-corrected chi connectivity index (χ0v) is 9.58. The Bertz CT molecular complexity index is 263. The van der Waals surface area contributed by atoms with Gasteiger partial charge in [0.15, 0.2) is 0 Å². The first-order valence-corrected chi connectivity index (χ1v) is 5.22. The third-order valence-electron chi connectivity index (χ3n) is 2.85. The number of rotatable bonds is 4. The van der Waals surface area contributed by atoms with E-state index in [-0.39, 0.29) is 0 Å². The molecule has 78 valence electrons. The first kappa shape index (κ1) is 11.3. The highest BCUT2D eigenvalue weighted by Crippen LogP contribution is 2.14. The van der Waals surface area contributed by atoms with Crippen molar-refractivity contribution in [1.82, 2.24) is 0 Å². The molecule has 0 heterocycles. The van der Waals surface area contributed by atoms with Crippen molar-refractivity contribution >= 4 is 0 Å². The van der Waals surface area contributed by atoms with Gasteiger partial charge in [-0.1, -0.05) is 36.8 Å². The minimum atomic E-state index is 0.330. The topological polar surface area (TPSA) is 9.23 Å². The van der Waals surface area contributed by atoms with Crippen LogP contribution in [0.5, 0.6) is 0 Å². The monoisotopic (exact) mass is 192 g/mol. The van der Waals surface area contributed by atoms with Crippen molar-refractivity contribution in [1.29, 1.82) is 0 Å². The summed E-state index contributed by atoms with van der Waals surface area (Å²) >= 11 is 0. The minimum Gasteiger partial charge on any atom is -0.381 e. The molecule has 1 rings (SSSR count). The molecule has 1 aromatic rings. The summed E-state index contributed by atoms with van der Waals surface area (Å²) in [4.78, 5) is 0. The number of ether oxygens (including phenoxy) is 1. The van der Waals surface area contributed by atoms with Crippen LogP contribution in [-0.4, -0.2) is 13.2 Å². The second-order valence-electron chi connectivity index (χ2n) is 4.11. The smallest absolute Gasteiger partial charge is 0.0571 e. The quantitative estimate of drug-likeness (QED) is 0.711. The summed E-state index contributed by atoms with van der Waals surface area (Å²) in [5.74, 6) is 0.572. The van der Waals surface area contributed by atoms with Gasteiger partial charge in [-0.25, -0.2) is 0 Å². The van der Waals surface area contributed by atoms with Gasteiger partial charge in [-0.3, -0.25) is 0 Å². The molecule has 14 heavy (non-hydrogen) atoms. The predicted octanol–water partition coefficient (Wildman–Crippen LogP) is 3.21. The van der Waals surface area contributed by atoms with Crippen LogP contribution in [0.1, 0.15) is 25.0 Å². The molecule has 0 amide bonds. The van der Waals surface area contributed by atoms with Gasteiger partial charge in [-0.05, 0) is 31.7 Å². The molecule has 0 saturated carbocycles. The van der Waals surface area contributed by atoms with Gasteiger partial charge in [0.05, 0.1) is 6.10 Å². The molecule has 0 aliphatic rings. The molecule has 2 unspecified atom stereocenters. The lowest BCUT2D eigenvalue weighted by molar-refractivity contribution is 0.0738. The molecule has 0 aromatic heterocycles. The average molecular weight is 192 g/mol. The first-order chi connectivity index (χ1) is 6.63. The molecule has 1 heteroatoms. The SMILES string of the molecule is COC(C)C(C)Cc1ccc(C)cc1. The fourth-order valence-corrected chi connectivity index (χ4v) is 1.49. The molecule has 2 atom stereocenters. The van der Waals surface area contributed by atoms with Crippen molar-refractivity contribution in [2.75, 3.05) is 7.11 Å². The van der Waals surface area contributed by atoms with Crippen LogP contribution in [0.4, 0.5) is 0 Å². The molecule has 0 aliphatic carbocycles. The molecular weight excluding hydrogens is 172 g/mol. The summed E-state index contributed by atoms with van der Waals surface area (Å²) in [7, 11) is 1.77. The van der Waals surface area contributed by atoms with E-state index in [1.807, 2.05) is 0 Å². The Labute approximate surface area is 87.1 Å². The van der Waals surface area contributed by atoms with Gasteiger partial charge in [-0.2, -0.15) is 0 Å². The normalized spacial score (nSPS) is 15.1. The fraction of sp³-hybridized carbons (Fsp3) is 0.538. The van der Waals surface area contributed by atoms with E-state index in [1.165, 1.54) is 11.1 Å². The Balaban J connectivity index is 2.56. The van der Waals surface area contributed by atoms with Crippen LogP contribution < -0.4 is 0 Å². The fourth-order valence-electron chi connectivity index (χ4n) is 1.49. The van der Waals surface area contributed by atoms with Crippen LogP contribution >= 0.6 is 0 Å². The van der Waals surface area contributed by atoms with E-state index in [0.29, 0.717) is 12.0 Å². The van der Waals surface area contributed by atoms with Gasteiger partial charge in [0.25, 0.3) is 0 Å². The Morgan fingerprint density at radius 3 is 2.21 bits per heavy atom. The summed E-state index contributed by atoms with van der Waals surface area (Å²) < 4.78 is 5.31. The molecule has 0 fully saturated rings. The standard InChI is InChI=1S/C13H20O/c1-10-5-7-13(8-6-10)9-11(2)12(3)14-4/h5-8,11-12H,9H2,1-4H3. The highest BCUT2D eigenvalue weighted by molar-refractivity contribution is 5.21. The predicted molar refractivity (Wildman–Crippen MR) is 60.5 cm³/mol. The maximum Gasteiger partial charge on any atom is 0.0571 e. The van der Waals surface area contributed by atoms with E-state index in [4.69, 9.17) is 4.74 Å². The number of hydrogen-bond acceptors (Lipinski definition) is 1. The summed E-state index contributed by atoms with van der Waals surface area (Å²) in [6, 6.07) is 8.74. The summed E-state index contributed by atoms with van der Waals surface area (Å²) in [5.41, 5.74) is 2.72. The molecule has 0 N–H and O–H groups in total. The van der Waals surface area contributed by atoms with E-state index in [2.05, 4.69) is 45.0 Å². The van der Waals surface area contributed by atoms with Crippen LogP contribution in [0.25, 0.3) is 0 Å². The lowest BCUT2D eigenvalue weighted by atomic mass is 9.96. The zero-order valence-electron chi connectivity index (χ0n) is 9.58. The number of benzene rings is 1. The van der Waals surface area contributed by atoms with Crippen molar-refractivity contribution < 1.29 is 4.74 Å². The lowest BCUT2D eigenvalue weighted by Gasteiger charge is -2.18. The summed E-state index contributed by atoms with van der Waals surface area (Å²) in [5, 5.41) is 0. The zero-order chi connectivity index (χ0) is 10.6. The van der Waals surface area contributed by atoms with Crippen LogP contribution in [0.15, 0.2) is 24.3 Å². The maximum absolute atomic E-state index is 5.31. The third kappa shape index (κ3) is 3.15. The Hall–Kier alpha value is -0.820. The highest BCUT2D eigenvalue weighted by Gasteiger charge is 2.11. The van der Waals surface area contributed by atoms with Gasteiger partial charge in [-0.15, -0.1) is 0 Å². The van der Waals surface area contributed by atoms with Crippen molar-refractivity contribution in [3.8, 4) is 0 Å². The number of hydrogen-bond donors (Lipinski definition) is 0. The molecular formula is C13H20O. The molecule has 1 aromatic carbocycles. The van der Waals surface area contributed by atoms with Gasteiger partial charge in [0.2, 0.25) is 0 Å². The Morgan fingerprint density at radius 1 is 1.14 bits per heavy atom. The van der Waals surface area contributed by atoms with E-state index in [9.17, 15) is 0 Å². The number of aryl methyl sites for hydroxylation is 1. The van der Waals surface area contributed by atoms with E-state index >= 15 is 0 Å². The first-order valence-electron chi connectivity index (χ1n) is 5.22. The molecule has 0 saturated heterocycles. The molecule has 1 nitrogen and oxygen atoms in total. The number of methoxy groups -OCH3 is 1. The van der Waals surface area contributed by atoms with Gasteiger partial charge < -0.3 is 4.74 Å². The largest absolute Gasteiger partial charge is 0.381 e. The molecule has 0 bridgehead atoms. The van der Waals surface area contributed by atoms with Gasteiger partial charge in [0, 0.05) is 7.11 Å². The van der Waals surface area contributed by atoms with Gasteiger partial charge >= 0.3 is 0 Å². The van der Waals surface area contributed by atoms with E-state index < -0.39 is 0 Å². The third-order valence-corrected chi connectivity index (χ3v) is 2.85. The Kier molecular flexibility index (Phi) is 4.15. The van der Waals surface area contributed by atoms with E-state index in [1.54, 1.807) is 7.11 Å². The maximum atomic E-state index is 5.31. The van der Waals surface area contributed by atoms with Gasteiger partial charge in [0.1, 0.15) is 0 Å². The highest BCUT2D eigenvalue weighted by atomic mass is 16.5. The van der Waals surface area contributed by atoms with Crippen LogP contribution in [0.3, 0.4) is 0 Å². The lowest BCUT2D eigenvalue weighted by Crippen LogP contribution is -2.18. The second kappa shape index (κ2) is 5.16. The minimum absolute atomic E-state index is 0.330. The van der Waals surface area contributed by atoms with Crippen molar-refractivity contribution in [2.45, 2.75) is 33.3 Å². The summed E-state index contributed by atoms with van der Waals surface area (Å²) in [6.45, 7) is 6.47. The second-order valence-corrected chi connectivity index (χ2v) is 4.11. The van der Waals surface area contributed by atoms with Crippen molar-refractivity contribution in [3.05, 3.63) is 35.4 Å². The Morgan fingerprint density at radius 2 is 1.71 bits per heavy atom. The summed E-state index contributed by atoms with van der Waals surface area (Å²) in [6.07, 6.45) is 1.42. The van der Waals surface area contributed by atoms with Crippen molar-refractivity contribution in [3.63, 3.8) is 0 Å².